The molecule has 4 nitrogen and oxygen atoms in total. The fourth-order valence-electron chi connectivity index (χ4n) is 2.90. The first kappa shape index (κ1) is 14.4. The van der Waals surface area contributed by atoms with E-state index in [0.717, 1.165) is 36.4 Å². The molecule has 4 heteroatoms. The summed E-state index contributed by atoms with van der Waals surface area (Å²) in [6, 6.07) is 17.6. The summed E-state index contributed by atoms with van der Waals surface area (Å²) in [5.74, 6) is 0.835. The van der Waals surface area contributed by atoms with Crippen molar-refractivity contribution in [3.63, 3.8) is 0 Å². The standard InChI is InChI=1S/C18H20N2O2/c1-22-16-11-9-14(10-12-16)17-8-5-13-20(17)18(21)19-15-6-3-2-4-7-15/h2-4,6-7,9-12,17H,5,8,13H2,1H3,(H,19,21). The second kappa shape index (κ2) is 6.52. The Bertz CT molecular complexity index is 625. The van der Waals surface area contributed by atoms with Crippen LogP contribution in [0.1, 0.15) is 24.4 Å². The van der Waals surface area contributed by atoms with Gasteiger partial charge in [0.15, 0.2) is 0 Å². The van der Waals surface area contributed by atoms with Gasteiger partial charge in [-0.2, -0.15) is 0 Å². The molecule has 0 aromatic heterocycles. The fourth-order valence-corrected chi connectivity index (χ4v) is 2.90. The highest BCUT2D eigenvalue weighted by Gasteiger charge is 2.29. The summed E-state index contributed by atoms with van der Waals surface area (Å²) in [4.78, 5) is 14.4. The summed E-state index contributed by atoms with van der Waals surface area (Å²) < 4.78 is 5.19. The second-order valence-corrected chi connectivity index (χ2v) is 5.42. The number of likely N-dealkylation sites (tertiary alicyclic amines) is 1. The molecule has 1 aliphatic heterocycles. The number of methoxy groups -OCH3 is 1. The lowest BCUT2D eigenvalue weighted by Crippen LogP contribution is -2.34. The van der Waals surface area contributed by atoms with Gasteiger partial charge in [0.25, 0.3) is 0 Å². The smallest absolute Gasteiger partial charge is 0.322 e. The van der Waals surface area contributed by atoms with Crippen LogP contribution in [-0.2, 0) is 0 Å². The van der Waals surface area contributed by atoms with E-state index in [9.17, 15) is 4.79 Å². The van der Waals surface area contributed by atoms with Crippen molar-refractivity contribution >= 4 is 11.7 Å². The first-order valence-electron chi connectivity index (χ1n) is 7.54. The average Bonchev–Trinajstić information content (AvgIpc) is 3.05. The van der Waals surface area contributed by atoms with E-state index in [1.54, 1.807) is 7.11 Å². The van der Waals surface area contributed by atoms with Crippen LogP contribution in [0.5, 0.6) is 5.75 Å². The topological polar surface area (TPSA) is 41.6 Å². The van der Waals surface area contributed by atoms with E-state index in [-0.39, 0.29) is 12.1 Å². The van der Waals surface area contributed by atoms with E-state index in [0.29, 0.717) is 0 Å². The Morgan fingerprint density at radius 3 is 2.55 bits per heavy atom. The lowest BCUT2D eigenvalue weighted by Gasteiger charge is -2.25. The summed E-state index contributed by atoms with van der Waals surface area (Å²) in [6.45, 7) is 0.787. The predicted molar refractivity (Wildman–Crippen MR) is 87.1 cm³/mol. The molecule has 2 amide bonds. The molecule has 0 aliphatic carbocycles. The molecule has 114 valence electrons. The third-order valence-electron chi connectivity index (χ3n) is 4.04. The van der Waals surface area contributed by atoms with Crippen LogP contribution < -0.4 is 10.1 Å². The zero-order chi connectivity index (χ0) is 15.4. The quantitative estimate of drug-likeness (QED) is 0.928. The molecule has 1 N–H and O–H groups in total. The summed E-state index contributed by atoms with van der Waals surface area (Å²) >= 11 is 0. The van der Waals surface area contributed by atoms with Crippen molar-refractivity contribution in [2.24, 2.45) is 0 Å². The van der Waals surface area contributed by atoms with Gasteiger partial charge in [0.1, 0.15) is 5.75 Å². The minimum Gasteiger partial charge on any atom is -0.497 e. The number of amides is 2. The zero-order valence-corrected chi connectivity index (χ0v) is 12.7. The molecular weight excluding hydrogens is 276 g/mol. The van der Waals surface area contributed by atoms with E-state index < -0.39 is 0 Å². The minimum atomic E-state index is -0.0375. The lowest BCUT2D eigenvalue weighted by atomic mass is 10.0. The number of anilines is 1. The van der Waals surface area contributed by atoms with Crippen molar-refractivity contribution in [1.29, 1.82) is 0 Å². The van der Waals surface area contributed by atoms with Crippen LogP contribution in [0.3, 0.4) is 0 Å². The Kier molecular flexibility index (Phi) is 4.28. The van der Waals surface area contributed by atoms with Crippen LogP contribution in [0.2, 0.25) is 0 Å². The van der Waals surface area contributed by atoms with Crippen LogP contribution in [0.4, 0.5) is 10.5 Å². The molecule has 3 rings (SSSR count). The molecule has 2 aromatic carbocycles. The number of urea groups is 1. The number of carbonyl (C=O) groups excluding carboxylic acids is 1. The van der Waals surface area contributed by atoms with Crippen molar-refractivity contribution in [1.82, 2.24) is 4.90 Å². The number of hydrogen-bond donors (Lipinski definition) is 1. The summed E-state index contributed by atoms with van der Waals surface area (Å²) in [5, 5.41) is 2.97. The molecule has 1 unspecified atom stereocenters. The molecule has 1 aliphatic rings. The zero-order valence-electron chi connectivity index (χ0n) is 12.7. The molecule has 1 atom stereocenters. The summed E-state index contributed by atoms with van der Waals surface area (Å²) in [5.41, 5.74) is 1.98. The molecule has 0 bridgehead atoms. The molecule has 1 fully saturated rings. The summed E-state index contributed by atoms with van der Waals surface area (Å²) in [7, 11) is 1.66. The van der Waals surface area contributed by atoms with E-state index in [4.69, 9.17) is 4.74 Å². The highest BCUT2D eigenvalue weighted by molar-refractivity contribution is 5.89. The second-order valence-electron chi connectivity index (χ2n) is 5.42. The van der Waals surface area contributed by atoms with E-state index >= 15 is 0 Å². The van der Waals surface area contributed by atoms with Crippen molar-refractivity contribution in [3.8, 4) is 5.75 Å². The van der Waals surface area contributed by atoms with Gasteiger partial charge in [0.05, 0.1) is 13.2 Å². The molecule has 0 radical (unpaired) electrons. The number of hydrogen-bond acceptors (Lipinski definition) is 2. The first-order valence-corrected chi connectivity index (χ1v) is 7.54. The van der Waals surface area contributed by atoms with Gasteiger partial charge in [0.2, 0.25) is 0 Å². The van der Waals surface area contributed by atoms with Crippen molar-refractivity contribution < 1.29 is 9.53 Å². The highest BCUT2D eigenvalue weighted by atomic mass is 16.5. The highest BCUT2D eigenvalue weighted by Crippen LogP contribution is 2.33. The Morgan fingerprint density at radius 2 is 1.86 bits per heavy atom. The number of carbonyl (C=O) groups is 1. The van der Waals surface area contributed by atoms with Crippen LogP contribution >= 0.6 is 0 Å². The molecular formula is C18H20N2O2. The van der Waals surface area contributed by atoms with Crippen molar-refractivity contribution in [2.75, 3.05) is 19.0 Å². The van der Waals surface area contributed by atoms with Crippen LogP contribution in [0, 0.1) is 0 Å². The number of rotatable bonds is 3. The van der Waals surface area contributed by atoms with E-state index in [1.807, 2.05) is 59.5 Å². The molecule has 1 saturated heterocycles. The Morgan fingerprint density at radius 1 is 1.14 bits per heavy atom. The van der Waals surface area contributed by atoms with Gasteiger partial charge < -0.3 is 15.0 Å². The minimum absolute atomic E-state index is 0.0375. The third kappa shape index (κ3) is 3.06. The maximum absolute atomic E-state index is 12.5. The average molecular weight is 296 g/mol. The number of nitrogens with zero attached hydrogens (tertiary/aromatic N) is 1. The van der Waals surface area contributed by atoms with Crippen molar-refractivity contribution in [2.45, 2.75) is 18.9 Å². The summed E-state index contributed by atoms with van der Waals surface area (Å²) in [6.07, 6.45) is 2.02. The Balaban J connectivity index is 1.73. The fraction of sp³-hybridized carbons (Fsp3) is 0.278. The van der Waals surface area contributed by atoms with Crippen LogP contribution in [-0.4, -0.2) is 24.6 Å². The van der Waals surface area contributed by atoms with Gasteiger partial charge in [-0.25, -0.2) is 4.79 Å². The van der Waals surface area contributed by atoms with Gasteiger partial charge >= 0.3 is 6.03 Å². The van der Waals surface area contributed by atoms with Crippen molar-refractivity contribution in [3.05, 3.63) is 60.2 Å². The number of nitrogens with one attached hydrogen (secondary N) is 1. The maximum Gasteiger partial charge on any atom is 0.322 e. The molecule has 2 aromatic rings. The molecule has 0 saturated carbocycles. The Labute approximate surface area is 130 Å². The normalized spacial score (nSPS) is 17.3. The van der Waals surface area contributed by atoms with Gasteiger partial charge in [-0.1, -0.05) is 30.3 Å². The SMILES string of the molecule is COc1ccc(C2CCCN2C(=O)Nc2ccccc2)cc1. The first-order chi connectivity index (χ1) is 10.8. The maximum atomic E-state index is 12.5. The van der Waals surface area contributed by atoms with E-state index in [2.05, 4.69) is 5.32 Å². The van der Waals surface area contributed by atoms with E-state index in [1.165, 1.54) is 0 Å². The largest absolute Gasteiger partial charge is 0.497 e. The number of ether oxygens (including phenoxy) is 1. The molecule has 22 heavy (non-hydrogen) atoms. The van der Waals surface area contributed by atoms with Gasteiger partial charge in [0, 0.05) is 12.2 Å². The van der Waals surface area contributed by atoms with Crippen LogP contribution in [0.25, 0.3) is 0 Å². The van der Waals surface area contributed by atoms with Gasteiger partial charge in [-0.05, 0) is 42.7 Å². The predicted octanol–water partition coefficient (Wildman–Crippen LogP) is 4.06. The lowest BCUT2D eigenvalue weighted by molar-refractivity contribution is 0.207. The number of para-hydroxylation sites is 1. The molecule has 1 heterocycles. The molecule has 0 spiro atoms. The van der Waals surface area contributed by atoms with Gasteiger partial charge in [-0.15, -0.1) is 0 Å². The monoisotopic (exact) mass is 296 g/mol. The Hall–Kier alpha value is -2.49. The third-order valence-corrected chi connectivity index (χ3v) is 4.04. The number of benzene rings is 2. The van der Waals surface area contributed by atoms with Crippen LogP contribution in [0.15, 0.2) is 54.6 Å². The van der Waals surface area contributed by atoms with Gasteiger partial charge in [-0.3, -0.25) is 0 Å².